The van der Waals surface area contributed by atoms with Crippen LogP contribution in [0.5, 0.6) is 0 Å². The smallest absolute Gasteiger partial charge is 0.385 e. The molecule has 0 atom stereocenters. The number of halogens is 6. The number of rotatable bonds is 12. The standard InChI is InChI=1S/C22H23F6N5S2/c1-2-29-6-3-7-30-17-8-14(22(26,27)28)5-4-13(17)11-31-18-9-16(24)19(10-15(18)23)35-33-21-32-12-20(25)34-21/h4-5,8-10,12,29-31H,2-3,6-7,11H2,1H3,(H,32,33). The van der Waals surface area contributed by atoms with Gasteiger partial charge in [0.15, 0.2) is 10.3 Å². The summed E-state index contributed by atoms with van der Waals surface area (Å²) >= 11 is 1.46. The lowest BCUT2D eigenvalue weighted by molar-refractivity contribution is -0.137. The first-order chi connectivity index (χ1) is 16.7. The van der Waals surface area contributed by atoms with Crippen molar-refractivity contribution in [2.75, 3.05) is 35.0 Å². The molecule has 0 fully saturated rings. The lowest BCUT2D eigenvalue weighted by Gasteiger charge is -2.17. The van der Waals surface area contributed by atoms with E-state index in [1.54, 1.807) is 0 Å². The first kappa shape index (κ1) is 27.0. The van der Waals surface area contributed by atoms with E-state index in [1.165, 1.54) is 6.07 Å². The minimum Gasteiger partial charge on any atom is -0.385 e. The van der Waals surface area contributed by atoms with Crippen LogP contribution in [0, 0.1) is 16.8 Å². The zero-order chi connectivity index (χ0) is 25.4. The van der Waals surface area contributed by atoms with Crippen LogP contribution in [0.2, 0.25) is 0 Å². The molecule has 0 aliphatic heterocycles. The van der Waals surface area contributed by atoms with Gasteiger partial charge in [0.2, 0.25) is 0 Å². The summed E-state index contributed by atoms with van der Waals surface area (Å²) in [5.74, 6) is -1.49. The Morgan fingerprint density at radius 1 is 0.971 bits per heavy atom. The van der Waals surface area contributed by atoms with Gasteiger partial charge in [0.1, 0.15) is 11.6 Å². The summed E-state index contributed by atoms with van der Waals surface area (Å²) in [4.78, 5) is 3.66. The van der Waals surface area contributed by atoms with Crippen molar-refractivity contribution in [2.45, 2.75) is 31.0 Å². The van der Waals surface area contributed by atoms with Crippen molar-refractivity contribution in [1.29, 1.82) is 0 Å². The van der Waals surface area contributed by atoms with Gasteiger partial charge in [0.25, 0.3) is 0 Å². The van der Waals surface area contributed by atoms with Crippen molar-refractivity contribution in [1.82, 2.24) is 10.3 Å². The van der Waals surface area contributed by atoms with Crippen LogP contribution < -0.4 is 20.7 Å². The van der Waals surface area contributed by atoms with Gasteiger partial charge in [-0.3, -0.25) is 0 Å². The number of hydrogen-bond donors (Lipinski definition) is 4. The number of thiazole rings is 1. The molecule has 1 aromatic heterocycles. The molecule has 0 unspecified atom stereocenters. The lowest BCUT2D eigenvalue weighted by atomic mass is 10.1. The monoisotopic (exact) mass is 535 g/mol. The molecule has 3 rings (SSSR count). The van der Waals surface area contributed by atoms with E-state index < -0.39 is 28.5 Å². The Kier molecular flexibility index (Phi) is 9.52. The molecule has 1 heterocycles. The van der Waals surface area contributed by atoms with Crippen molar-refractivity contribution < 1.29 is 26.3 Å². The van der Waals surface area contributed by atoms with E-state index in [9.17, 15) is 26.3 Å². The van der Waals surface area contributed by atoms with Crippen LogP contribution in [0.15, 0.2) is 41.4 Å². The highest BCUT2D eigenvalue weighted by atomic mass is 32.2. The zero-order valence-electron chi connectivity index (χ0n) is 18.5. The lowest BCUT2D eigenvalue weighted by Crippen LogP contribution is -2.18. The second kappa shape index (κ2) is 12.4. The SMILES string of the molecule is CCNCCCNc1cc(C(F)(F)F)ccc1CNc1cc(F)c(SNc2ncc(F)s2)cc1F. The Morgan fingerprint density at radius 3 is 2.46 bits per heavy atom. The number of nitrogens with one attached hydrogen (secondary N) is 4. The normalized spacial score (nSPS) is 11.5. The summed E-state index contributed by atoms with van der Waals surface area (Å²) in [7, 11) is 0. The third-order valence-corrected chi connectivity index (χ3v) is 6.41. The molecular weight excluding hydrogens is 512 g/mol. The molecular formula is C22H23F6N5S2. The predicted molar refractivity (Wildman–Crippen MR) is 128 cm³/mol. The van der Waals surface area contributed by atoms with Crippen LogP contribution in [0.4, 0.5) is 42.8 Å². The largest absolute Gasteiger partial charge is 0.416 e. The molecule has 0 aliphatic rings. The van der Waals surface area contributed by atoms with E-state index in [2.05, 4.69) is 25.7 Å². The molecule has 3 aromatic rings. The Hall–Kier alpha value is -2.64. The molecule has 190 valence electrons. The van der Waals surface area contributed by atoms with Crippen LogP contribution in [0.1, 0.15) is 24.5 Å². The van der Waals surface area contributed by atoms with Crippen LogP contribution >= 0.6 is 23.3 Å². The molecule has 4 N–H and O–H groups in total. The van der Waals surface area contributed by atoms with Crippen molar-refractivity contribution in [2.24, 2.45) is 0 Å². The summed E-state index contributed by atoms with van der Waals surface area (Å²) in [5.41, 5.74) is -0.226. The molecule has 0 radical (unpaired) electrons. The van der Waals surface area contributed by atoms with Gasteiger partial charge in [-0.25, -0.2) is 13.8 Å². The van der Waals surface area contributed by atoms with Crippen LogP contribution in [0.25, 0.3) is 0 Å². The van der Waals surface area contributed by atoms with Gasteiger partial charge in [-0.15, -0.1) is 0 Å². The Morgan fingerprint density at radius 2 is 1.77 bits per heavy atom. The summed E-state index contributed by atoms with van der Waals surface area (Å²) < 4.78 is 84.2. The Balaban J connectivity index is 1.69. The highest BCUT2D eigenvalue weighted by Crippen LogP contribution is 2.33. The van der Waals surface area contributed by atoms with Crippen molar-refractivity contribution in [3.63, 3.8) is 0 Å². The van der Waals surface area contributed by atoms with Gasteiger partial charge in [-0.05, 0) is 55.2 Å². The maximum atomic E-state index is 14.6. The third-order valence-electron chi connectivity index (χ3n) is 4.75. The molecule has 0 aliphatic carbocycles. The highest BCUT2D eigenvalue weighted by molar-refractivity contribution is 8.00. The molecule has 0 amide bonds. The quantitative estimate of drug-likeness (QED) is 0.117. The molecule has 0 spiro atoms. The number of benzene rings is 2. The summed E-state index contributed by atoms with van der Waals surface area (Å²) in [6, 6.07) is 5.18. The topological polar surface area (TPSA) is 61.0 Å². The maximum Gasteiger partial charge on any atom is 0.416 e. The molecule has 0 bridgehead atoms. The molecule has 13 heteroatoms. The second-order valence-electron chi connectivity index (χ2n) is 7.29. The van der Waals surface area contributed by atoms with Gasteiger partial charge in [-0.2, -0.15) is 17.6 Å². The van der Waals surface area contributed by atoms with E-state index >= 15 is 0 Å². The van der Waals surface area contributed by atoms with E-state index in [0.717, 1.165) is 60.3 Å². The van der Waals surface area contributed by atoms with Gasteiger partial charge in [-0.1, -0.05) is 24.3 Å². The minimum atomic E-state index is -4.51. The second-order valence-corrected chi connectivity index (χ2v) is 9.12. The van der Waals surface area contributed by atoms with E-state index in [0.29, 0.717) is 25.1 Å². The van der Waals surface area contributed by atoms with Gasteiger partial charge in [0, 0.05) is 24.8 Å². The Bertz CT molecular complexity index is 1120. The first-order valence-electron chi connectivity index (χ1n) is 10.6. The predicted octanol–water partition coefficient (Wildman–Crippen LogP) is 6.72. The average Bonchev–Trinajstić information content (AvgIpc) is 3.23. The fourth-order valence-electron chi connectivity index (χ4n) is 3.02. The fourth-order valence-corrected chi connectivity index (χ4v) is 4.27. The van der Waals surface area contributed by atoms with E-state index in [-0.39, 0.29) is 27.9 Å². The summed E-state index contributed by atoms with van der Waals surface area (Å²) in [6.07, 6.45) is -2.81. The number of alkyl halides is 3. The highest BCUT2D eigenvalue weighted by Gasteiger charge is 2.31. The van der Waals surface area contributed by atoms with Crippen LogP contribution in [-0.4, -0.2) is 24.6 Å². The van der Waals surface area contributed by atoms with Gasteiger partial charge >= 0.3 is 6.18 Å². The maximum absolute atomic E-state index is 14.6. The number of anilines is 3. The van der Waals surface area contributed by atoms with Crippen LogP contribution in [-0.2, 0) is 12.7 Å². The van der Waals surface area contributed by atoms with Gasteiger partial charge < -0.3 is 20.7 Å². The average molecular weight is 536 g/mol. The van der Waals surface area contributed by atoms with Crippen molar-refractivity contribution in [3.05, 3.63) is 64.4 Å². The van der Waals surface area contributed by atoms with Crippen molar-refractivity contribution in [3.8, 4) is 0 Å². The number of hydrogen-bond acceptors (Lipinski definition) is 7. The number of aromatic nitrogens is 1. The molecule has 0 saturated heterocycles. The molecule has 5 nitrogen and oxygen atoms in total. The minimum absolute atomic E-state index is 0.0346. The molecule has 2 aromatic carbocycles. The molecule has 0 saturated carbocycles. The van der Waals surface area contributed by atoms with Gasteiger partial charge in [0.05, 0.1) is 22.3 Å². The fraction of sp³-hybridized carbons (Fsp3) is 0.318. The van der Waals surface area contributed by atoms with Crippen molar-refractivity contribution >= 4 is 39.8 Å². The number of nitrogens with zero attached hydrogens (tertiary/aromatic N) is 1. The summed E-state index contributed by atoms with van der Waals surface area (Å²) in [5, 5.41) is 8.55. The first-order valence-corrected chi connectivity index (χ1v) is 12.2. The summed E-state index contributed by atoms with van der Waals surface area (Å²) in [6.45, 7) is 3.85. The van der Waals surface area contributed by atoms with E-state index in [4.69, 9.17) is 0 Å². The third kappa shape index (κ3) is 7.94. The zero-order valence-corrected chi connectivity index (χ0v) is 20.2. The van der Waals surface area contributed by atoms with Crippen LogP contribution in [0.3, 0.4) is 0 Å². The Labute approximate surface area is 206 Å². The van der Waals surface area contributed by atoms with E-state index in [1.807, 2.05) is 6.92 Å². The molecule has 35 heavy (non-hydrogen) atoms.